The van der Waals surface area contributed by atoms with E-state index < -0.39 is 16.0 Å². The molecule has 4 aromatic rings. The van der Waals surface area contributed by atoms with Crippen LogP contribution < -0.4 is 15.2 Å². The van der Waals surface area contributed by atoms with Crippen molar-refractivity contribution in [2.45, 2.75) is 36.6 Å². The molecule has 0 atom stereocenters. The summed E-state index contributed by atoms with van der Waals surface area (Å²) in [6, 6.07) is 10.5. The first-order valence-corrected chi connectivity index (χ1v) is 12.9. The number of nitrogens with two attached hydrogens (primary N) is 1. The number of hydrogen-bond acceptors (Lipinski definition) is 7. The highest BCUT2D eigenvalue weighted by atomic mass is 32.2. The number of nitrogens with zero attached hydrogens (tertiary/aromatic N) is 3. The second-order valence-corrected chi connectivity index (χ2v) is 10.4. The zero-order valence-electron chi connectivity index (χ0n) is 19.5. The highest BCUT2D eigenvalue weighted by Crippen LogP contribution is 2.40. The van der Waals surface area contributed by atoms with Crippen LogP contribution in [0.1, 0.15) is 42.1 Å². The minimum absolute atomic E-state index is 0.00379. The van der Waals surface area contributed by atoms with Crippen LogP contribution in [-0.4, -0.2) is 41.1 Å². The molecule has 1 fully saturated rings. The number of aromatic nitrogens is 3. The van der Waals surface area contributed by atoms with Crippen LogP contribution in [-0.2, 0) is 10.0 Å². The second kappa shape index (κ2) is 9.15. The quantitative estimate of drug-likeness (QED) is 0.335. The minimum atomic E-state index is -3.98. The van der Waals surface area contributed by atoms with Gasteiger partial charge in [0.2, 0.25) is 0 Å². The molecule has 0 radical (unpaired) electrons. The van der Waals surface area contributed by atoms with E-state index in [1.54, 1.807) is 18.2 Å². The lowest BCUT2D eigenvalue weighted by Crippen LogP contribution is -2.14. The third kappa shape index (κ3) is 4.22. The van der Waals surface area contributed by atoms with Gasteiger partial charge in [-0.3, -0.25) is 4.72 Å². The van der Waals surface area contributed by atoms with Gasteiger partial charge >= 0.3 is 5.97 Å². The fraction of sp³-hybridized carbons (Fsp3) is 0.240. The summed E-state index contributed by atoms with van der Waals surface area (Å²) in [5.41, 5.74) is 8.90. The van der Waals surface area contributed by atoms with Crippen LogP contribution in [0.2, 0.25) is 0 Å². The van der Waals surface area contributed by atoms with E-state index in [-0.39, 0.29) is 16.1 Å². The number of ether oxygens (including phenoxy) is 1. The Bertz CT molecular complexity index is 1560. The molecule has 0 amide bonds. The molecule has 0 unspecified atom stereocenters. The van der Waals surface area contributed by atoms with E-state index in [0.717, 1.165) is 35.0 Å². The van der Waals surface area contributed by atoms with Gasteiger partial charge in [0.1, 0.15) is 23.5 Å². The molecule has 0 spiro atoms. The van der Waals surface area contributed by atoms with Crippen LogP contribution in [0.4, 0.5) is 11.5 Å². The molecule has 11 heteroatoms. The first-order chi connectivity index (χ1) is 17.3. The van der Waals surface area contributed by atoms with E-state index in [0.29, 0.717) is 17.6 Å². The molecule has 1 saturated carbocycles. The Hall–Kier alpha value is -4.12. The van der Waals surface area contributed by atoms with Gasteiger partial charge < -0.3 is 20.1 Å². The summed E-state index contributed by atoms with van der Waals surface area (Å²) in [6.07, 6.45) is 7.99. The van der Waals surface area contributed by atoms with Crippen molar-refractivity contribution in [3.8, 4) is 16.9 Å². The summed E-state index contributed by atoms with van der Waals surface area (Å²) < 4.78 is 36.1. The topological polar surface area (TPSA) is 149 Å². The number of aromatic carboxylic acids is 1. The Morgan fingerprint density at radius 2 is 1.86 bits per heavy atom. The average molecular weight is 508 g/mol. The number of carbonyl (C=O) groups is 1. The number of fused-ring (bicyclic) bond motifs is 1. The van der Waals surface area contributed by atoms with Crippen LogP contribution in [0.25, 0.3) is 22.2 Å². The SMILES string of the molecule is COc1cc(-c2cn(C3CCCC3)c3ncnc(N)c23)ccc1NS(=O)(=O)c1ccc(C(=O)O)cc1. The van der Waals surface area contributed by atoms with Crippen molar-refractivity contribution in [2.24, 2.45) is 0 Å². The molecule has 2 aromatic heterocycles. The lowest BCUT2D eigenvalue weighted by molar-refractivity contribution is 0.0696. The molecule has 1 aliphatic carbocycles. The Balaban J connectivity index is 1.52. The molecule has 10 nitrogen and oxygen atoms in total. The van der Waals surface area contributed by atoms with Gasteiger partial charge in [-0.2, -0.15) is 0 Å². The lowest BCUT2D eigenvalue weighted by Gasteiger charge is -2.14. The first-order valence-electron chi connectivity index (χ1n) is 11.4. The number of sulfonamides is 1. The van der Waals surface area contributed by atoms with Crippen LogP contribution in [0.15, 0.2) is 59.9 Å². The number of nitrogens with one attached hydrogen (secondary N) is 1. The molecule has 1 aliphatic rings. The number of benzene rings is 2. The van der Waals surface area contributed by atoms with E-state index >= 15 is 0 Å². The van der Waals surface area contributed by atoms with Crippen LogP contribution >= 0.6 is 0 Å². The van der Waals surface area contributed by atoms with E-state index in [1.165, 1.54) is 50.5 Å². The highest BCUT2D eigenvalue weighted by Gasteiger charge is 2.24. The summed E-state index contributed by atoms with van der Waals surface area (Å²) in [7, 11) is -2.53. The Morgan fingerprint density at radius 3 is 2.53 bits per heavy atom. The average Bonchev–Trinajstić information content (AvgIpc) is 3.53. The van der Waals surface area contributed by atoms with Gasteiger partial charge in [-0.05, 0) is 54.8 Å². The van der Waals surface area contributed by atoms with Crippen molar-refractivity contribution in [2.75, 3.05) is 17.6 Å². The fourth-order valence-electron chi connectivity index (χ4n) is 4.71. The number of hydrogen-bond donors (Lipinski definition) is 3. The lowest BCUT2D eigenvalue weighted by atomic mass is 10.1. The van der Waals surface area contributed by atoms with Gasteiger partial charge in [-0.15, -0.1) is 0 Å². The summed E-state index contributed by atoms with van der Waals surface area (Å²) in [5.74, 6) is -0.444. The van der Waals surface area contributed by atoms with Crippen molar-refractivity contribution < 1.29 is 23.1 Å². The van der Waals surface area contributed by atoms with Crippen LogP contribution in [0.3, 0.4) is 0 Å². The molecule has 2 heterocycles. The molecule has 4 N–H and O–H groups in total. The Labute approximate surface area is 207 Å². The van der Waals surface area contributed by atoms with E-state index in [9.17, 15) is 13.2 Å². The van der Waals surface area contributed by atoms with E-state index in [1.807, 2.05) is 6.20 Å². The van der Waals surface area contributed by atoms with Gasteiger partial charge in [0.25, 0.3) is 10.0 Å². The Morgan fingerprint density at radius 1 is 1.14 bits per heavy atom. The van der Waals surface area contributed by atoms with Crippen molar-refractivity contribution in [1.82, 2.24) is 14.5 Å². The molecule has 186 valence electrons. The molecule has 5 rings (SSSR count). The monoisotopic (exact) mass is 507 g/mol. The van der Waals surface area contributed by atoms with Gasteiger partial charge in [0.15, 0.2) is 0 Å². The van der Waals surface area contributed by atoms with Gasteiger partial charge in [-0.25, -0.2) is 23.2 Å². The number of nitrogen functional groups attached to an aromatic ring is 1. The Kier molecular flexibility index (Phi) is 6.00. The number of carboxylic acid groups (broad SMARTS) is 1. The van der Waals surface area contributed by atoms with Gasteiger partial charge in [-0.1, -0.05) is 18.9 Å². The number of methoxy groups -OCH3 is 1. The summed E-state index contributed by atoms with van der Waals surface area (Å²) in [5, 5.41) is 9.80. The first kappa shape index (κ1) is 23.6. The van der Waals surface area contributed by atoms with Crippen LogP contribution in [0.5, 0.6) is 5.75 Å². The molecule has 36 heavy (non-hydrogen) atoms. The molecular weight excluding hydrogens is 482 g/mol. The summed E-state index contributed by atoms with van der Waals surface area (Å²) in [6.45, 7) is 0. The fourth-order valence-corrected chi connectivity index (χ4v) is 5.78. The minimum Gasteiger partial charge on any atom is -0.495 e. The highest BCUT2D eigenvalue weighted by molar-refractivity contribution is 7.92. The van der Waals surface area contributed by atoms with Crippen molar-refractivity contribution in [1.29, 1.82) is 0 Å². The summed E-state index contributed by atoms with van der Waals surface area (Å²) >= 11 is 0. The van der Waals surface area contributed by atoms with E-state index in [2.05, 4.69) is 19.3 Å². The number of carboxylic acids is 1. The predicted molar refractivity (Wildman–Crippen MR) is 136 cm³/mol. The van der Waals surface area contributed by atoms with Crippen molar-refractivity contribution >= 4 is 38.5 Å². The molecule has 0 aliphatic heterocycles. The van der Waals surface area contributed by atoms with Gasteiger partial charge in [0, 0.05) is 17.8 Å². The van der Waals surface area contributed by atoms with E-state index in [4.69, 9.17) is 15.6 Å². The molecule has 0 saturated heterocycles. The second-order valence-electron chi connectivity index (χ2n) is 8.70. The van der Waals surface area contributed by atoms with Crippen molar-refractivity contribution in [3.05, 3.63) is 60.6 Å². The predicted octanol–water partition coefficient (Wildman–Crippen LogP) is 4.30. The van der Waals surface area contributed by atoms with Gasteiger partial charge in [0.05, 0.1) is 28.6 Å². The normalized spacial score (nSPS) is 14.2. The van der Waals surface area contributed by atoms with Crippen molar-refractivity contribution in [3.63, 3.8) is 0 Å². The maximum atomic E-state index is 12.9. The standard InChI is InChI=1S/C25H25N5O5S/c1-35-21-12-16(8-11-20(21)29-36(33,34)18-9-6-15(7-10-18)25(31)32)19-13-30(17-4-2-3-5-17)24-22(19)23(26)27-14-28-24/h6-14,17,29H,2-5H2,1H3,(H,31,32)(H2,26,27,28). The third-order valence-electron chi connectivity index (χ3n) is 6.53. The zero-order valence-corrected chi connectivity index (χ0v) is 20.3. The smallest absolute Gasteiger partial charge is 0.335 e. The third-order valence-corrected chi connectivity index (χ3v) is 7.91. The number of anilines is 2. The zero-order chi connectivity index (χ0) is 25.4. The maximum absolute atomic E-state index is 12.9. The van der Waals surface area contributed by atoms with Crippen LogP contribution in [0, 0.1) is 0 Å². The molecule has 0 bridgehead atoms. The largest absolute Gasteiger partial charge is 0.495 e. The molecular formula is C25H25N5O5S. The maximum Gasteiger partial charge on any atom is 0.335 e. The molecule has 2 aromatic carbocycles. The number of rotatable bonds is 7. The summed E-state index contributed by atoms with van der Waals surface area (Å²) in [4.78, 5) is 19.7.